The van der Waals surface area contributed by atoms with Crippen molar-refractivity contribution in [3.8, 4) is 29.1 Å². The van der Waals surface area contributed by atoms with E-state index < -0.39 is 5.82 Å². The summed E-state index contributed by atoms with van der Waals surface area (Å²) in [4.78, 5) is 19.3. The van der Waals surface area contributed by atoms with Crippen LogP contribution in [-0.2, 0) is 0 Å². The molecule has 0 aliphatic carbocycles. The number of aromatic nitrogens is 3. The molecule has 4 saturated heterocycles. The van der Waals surface area contributed by atoms with Crippen molar-refractivity contribution in [3.63, 3.8) is 0 Å². The zero-order chi connectivity index (χ0) is 29.0. The Morgan fingerprint density at radius 3 is 2.60 bits per heavy atom. The number of hydrogen-bond donors (Lipinski definition) is 1. The predicted octanol–water partition coefficient (Wildman–Crippen LogP) is 5.94. The van der Waals surface area contributed by atoms with Gasteiger partial charge in [0.15, 0.2) is 5.82 Å². The summed E-state index contributed by atoms with van der Waals surface area (Å²) in [5.41, 5.74) is 2.17. The molecule has 4 fully saturated rings. The van der Waals surface area contributed by atoms with Gasteiger partial charge in [-0.25, -0.2) is 4.39 Å². The maximum Gasteiger partial charge on any atom is 0.319 e. The van der Waals surface area contributed by atoms with Crippen LogP contribution in [0.2, 0.25) is 0 Å². The summed E-state index contributed by atoms with van der Waals surface area (Å²) in [5.74, 6) is 6.73. The van der Waals surface area contributed by atoms with Crippen LogP contribution in [-0.4, -0.2) is 70.3 Å². The number of pyridine rings is 1. The van der Waals surface area contributed by atoms with Gasteiger partial charge in [-0.2, -0.15) is 9.97 Å². The van der Waals surface area contributed by atoms with Crippen LogP contribution in [0.3, 0.4) is 0 Å². The lowest BCUT2D eigenvalue weighted by atomic mass is 9.95. The van der Waals surface area contributed by atoms with Crippen LogP contribution in [0.1, 0.15) is 58.9 Å². The molecule has 0 radical (unpaired) electrons. The van der Waals surface area contributed by atoms with Crippen LogP contribution in [0, 0.1) is 17.7 Å². The molecule has 4 aromatic rings. The third-order valence-electron chi connectivity index (χ3n) is 10.0. The molecular formula is C35H39FN6O. The number of nitrogens with zero attached hydrogens (tertiary/aromatic N) is 5. The van der Waals surface area contributed by atoms with Gasteiger partial charge in [0.05, 0.1) is 10.9 Å². The fraction of sp³-hybridized carbons (Fsp3) is 0.457. The zero-order valence-electron chi connectivity index (χ0n) is 24.7. The number of rotatable bonds is 5. The van der Waals surface area contributed by atoms with Gasteiger partial charge in [-0.05, 0) is 63.1 Å². The van der Waals surface area contributed by atoms with Gasteiger partial charge in [-0.1, -0.05) is 49.1 Å². The van der Waals surface area contributed by atoms with Gasteiger partial charge in [0.1, 0.15) is 23.6 Å². The van der Waals surface area contributed by atoms with Crippen molar-refractivity contribution >= 4 is 27.5 Å². The minimum atomic E-state index is -0.448. The summed E-state index contributed by atoms with van der Waals surface area (Å²) in [5, 5.41) is 6.23. The molecule has 43 heavy (non-hydrogen) atoms. The second-order valence-corrected chi connectivity index (χ2v) is 12.6. The first-order valence-corrected chi connectivity index (χ1v) is 15.9. The number of fused-ring (bicyclic) bond motifs is 5. The van der Waals surface area contributed by atoms with E-state index in [4.69, 9.17) is 19.7 Å². The summed E-state index contributed by atoms with van der Waals surface area (Å²) < 4.78 is 23.3. The largest absolute Gasteiger partial charge is 0.461 e. The third-order valence-corrected chi connectivity index (χ3v) is 10.0. The SMILES string of the molecule is CCC#Cc1cccc2cccc(-c3ncc4c(N5CC6CCC(C5)N6)nc(OCC56CCCN5CCC6)nc4c3F)c12.[HH]. The van der Waals surface area contributed by atoms with Crippen molar-refractivity contribution in [2.24, 2.45) is 0 Å². The van der Waals surface area contributed by atoms with Gasteiger partial charge >= 0.3 is 6.01 Å². The van der Waals surface area contributed by atoms with Gasteiger partial charge in [0.25, 0.3) is 0 Å². The van der Waals surface area contributed by atoms with E-state index in [-0.39, 0.29) is 24.2 Å². The highest BCUT2D eigenvalue weighted by Crippen LogP contribution is 2.40. The minimum Gasteiger partial charge on any atom is -0.461 e. The minimum absolute atomic E-state index is 0. The molecule has 8 rings (SSSR count). The number of anilines is 1. The molecule has 2 aromatic carbocycles. The summed E-state index contributed by atoms with van der Waals surface area (Å²) in [6.45, 7) is 6.46. The quantitative estimate of drug-likeness (QED) is 0.294. The van der Waals surface area contributed by atoms with E-state index in [0.29, 0.717) is 29.6 Å². The maximum absolute atomic E-state index is 16.8. The lowest BCUT2D eigenvalue weighted by Gasteiger charge is -2.34. The molecule has 4 aliphatic heterocycles. The fourth-order valence-corrected chi connectivity index (χ4v) is 7.97. The second-order valence-electron chi connectivity index (χ2n) is 12.6. The lowest BCUT2D eigenvalue weighted by molar-refractivity contribution is 0.108. The molecule has 2 aromatic heterocycles. The molecule has 2 bridgehead atoms. The van der Waals surface area contributed by atoms with E-state index >= 15 is 4.39 Å². The molecule has 0 saturated carbocycles. The zero-order valence-corrected chi connectivity index (χ0v) is 24.7. The Labute approximate surface area is 253 Å². The van der Waals surface area contributed by atoms with Gasteiger partial charge < -0.3 is 15.0 Å². The highest BCUT2D eigenvalue weighted by atomic mass is 19.1. The first kappa shape index (κ1) is 26.8. The van der Waals surface area contributed by atoms with Crippen LogP contribution in [0.5, 0.6) is 6.01 Å². The smallest absolute Gasteiger partial charge is 0.319 e. The van der Waals surface area contributed by atoms with Crippen molar-refractivity contribution in [1.82, 2.24) is 25.2 Å². The van der Waals surface area contributed by atoms with Gasteiger partial charge in [-0.15, -0.1) is 0 Å². The molecular weight excluding hydrogens is 539 g/mol. The highest BCUT2D eigenvalue weighted by Gasteiger charge is 2.45. The van der Waals surface area contributed by atoms with E-state index in [2.05, 4.69) is 27.0 Å². The molecule has 7 nitrogen and oxygen atoms in total. The van der Waals surface area contributed by atoms with Crippen LogP contribution in [0.15, 0.2) is 42.6 Å². The third kappa shape index (κ3) is 4.61. The Bertz CT molecular complexity index is 1760. The number of nitrogens with one attached hydrogen (secondary N) is 1. The van der Waals surface area contributed by atoms with E-state index in [1.54, 1.807) is 6.20 Å². The van der Waals surface area contributed by atoms with E-state index in [1.165, 1.54) is 12.8 Å². The Balaban J connectivity index is 0.00000312. The molecule has 0 amide bonds. The molecule has 8 heteroatoms. The summed E-state index contributed by atoms with van der Waals surface area (Å²) in [6, 6.07) is 13.0. The van der Waals surface area contributed by atoms with Gasteiger partial charge in [0.2, 0.25) is 0 Å². The van der Waals surface area contributed by atoms with E-state index in [9.17, 15) is 0 Å². The van der Waals surface area contributed by atoms with Crippen LogP contribution >= 0.6 is 0 Å². The molecule has 6 heterocycles. The topological polar surface area (TPSA) is 66.4 Å². The average molecular weight is 579 g/mol. The standard InChI is InChI=1S/C35H37FN6O.H2/c1-2-3-8-23-9-4-10-24-11-5-12-27(29(23)24)31-30(36)32-28(19-37-31)33(41-20-25-13-14-26(21-41)38-25)40-34(39-32)43-22-35-15-6-17-42(35)18-7-16-35;/h4-5,9-12,19,25-26,38H,2,6-7,13-18,20-22H2,1H3;1H. The van der Waals surface area contributed by atoms with Gasteiger partial charge in [-0.3, -0.25) is 9.88 Å². The first-order chi connectivity index (χ1) is 21.1. The lowest BCUT2D eigenvalue weighted by Crippen LogP contribution is -2.51. The van der Waals surface area contributed by atoms with Crippen molar-refractivity contribution in [3.05, 3.63) is 54.0 Å². The average Bonchev–Trinajstić information content (AvgIpc) is 3.72. The van der Waals surface area contributed by atoms with Crippen molar-refractivity contribution in [1.29, 1.82) is 0 Å². The van der Waals surface area contributed by atoms with E-state index in [1.807, 2.05) is 43.3 Å². The van der Waals surface area contributed by atoms with Crippen molar-refractivity contribution in [2.45, 2.75) is 69.5 Å². The summed E-state index contributed by atoms with van der Waals surface area (Å²) in [7, 11) is 0. The fourth-order valence-electron chi connectivity index (χ4n) is 7.97. The molecule has 2 unspecified atom stereocenters. The predicted molar refractivity (Wildman–Crippen MR) is 170 cm³/mol. The maximum atomic E-state index is 16.8. The first-order valence-electron chi connectivity index (χ1n) is 15.9. The number of ether oxygens (including phenoxy) is 1. The Hall–Kier alpha value is -3.80. The summed E-state index contributed by atoms with van der Waals surface area (Å²) in [6.07, 6.45) is 9.43. The van der Waals surface area contributed by atoms with Crippen LogP contribution < -0.4 is 15.0 Å². The van der Waals surface area contributed by atoms with Crippen LogP contribution in [0.25, 0.3) is 32.9 Å². The van der Waals surface area contributed by atoms with Crippen LogP contribution in [0.4, 0.5) is 10.2 Å². The molecule has 4 aliphatic rings. The van der Waals surface area contributed by atoms with Crippen molar-refractivity contribution < 1.29 is 10.6 Å². The monoisotopic (exact) mass is 578 g/mol. The Morgan fingerprint density at radius 2 is 1.84 bits per heavy atom. The Kier molecular flexibility index (Phi) is 6.69. The highest BCUT2D eigenvalue weighted by molar-refractivity contribution is 6.02. The van der Waals surface area contributed by atoms with Gasteiger partial charge in [0, 0.05) is 55.7 Å². The normalized spacial score (nSPS) is 22.6. The van der Waals surface area contributed by atoms with E-state index in [0.717, 1.165) is 80.4 Å². The number of piperazine rings is 1. The number of hydrogen-bond acceptors (Lipinski definition) is 7. The molecule has 1 N–H and O–H groups in total. The van der Waals surface area contributed by atoms with Crippen molar-refractivity contribution in [2.75, 3.05) is 37.7 Å². The molecule has 0 spiro atoms. The molecule has 222 valence electrons. The summed E-state index contributed by atoms with van der Waals surface area (Å²) >= 11 is 0. The second kappa shape index (κ2) is 10.7. The molecule has 2 atom stereocenters. The Morgan fingerprint density at radius 1 is 1.07 bits per heavy atom. The number of benzene rings is 2. The number of halogens is 1.